The fourth-order valence-electron chi connectivity index (χ4n) is 1.99. The molecule has 0 spiro atoms. The van der Waals surface area contributed by atoms with Gasteiger partial charge >= 0.3 is 0 Å². The van der Waals surface area contributed by atoms with Gasteiger partial charge in [-0.25, -0.2) is 0 Å². The molecule has 1 nitrogen and oxygen atoms in total. The summed E-state index contributed by atoms with van der Waals surface area (Å²) in [6.45, 7) is 4.19. The molecule has 2 aromatic carbocycles. The summed E-state index contributed by atoms with van der Waals surface area (Å²) in [4.78, 5) is 0. The molecular formula is C18H20O. The lowest BCUT2D eigenvalue weighted by Crippen LogP contribution is -2.08. The van der Waals surface area contributed by atoms with Gasteiger partial charge in [0.15, 0.2) is 0 Å². The fraction of sp³-hybridized carbons (Fsp3) is 0.222. The number of hydrogen-bond donors (Lipinski definition) is 0. The molecule has 0 saturated carbocycles. The Kier molecular flexibility index (Phi) is 4.79. The van der Waals surface area contributed by atoms with Gasteiger partial charge in [0.05, 0.1) is 0 Å². The van der Waals surface area contributed by atoms with Crippen molar-refractivity contribution >= 4 is 0 Å². The van der Waals surface area contributed by atoms with Crippen molar-refractivity contribution < 1.29 is 4.74 Å². The molecule has 0 amide bonds. The van der Waals surface area contributed by atoms with Crippen molar-refractivity contribution in [2.75, 3.05) is 0 Å². The normalized spacial score (nSPS) is 12.5. The first-order chi connectivity index (χ1) is 9.31. The molecular weight excluding hydrogens is 232 g/mol. The van der Waals surface area contributed by atoms with Gasteiger partial charge in [0.1, 0.15) is 11.9 Å². The topological polar surface area (TPSA) is 9.23 Å². The lowest BCUT2D eigenvalue weighted by molar-refractivity contribution is 0.270. The lowest BCUT2D eigenvalue weighted by atomic mass is 10.0. The van der Waals surface area contributed by atoms with Gasteiger partial charge in [0, 0.05) is 5.56 Å². The molecule has 1 atom stereocenters. The highest BCUT2D eigenvalue weighted by Crippen LogP contribution is 2.30. The fourth-order valence-corrected chi connectivity index (χ4v) is 1.99. The van der Waals surface area contributed by atoms with E-state index in [0.717, 1.165) is 17.7 Å². The molecule has 0 fully saturated rings. The van der Waals surface area contributed by atoms with Crippen LogP contribution >= 0.6 is 0 Å². The van der Waals surface area contributed by atoms with Crippen molar-refractivity contribution in [1.82, 2.24) is 0 Å². The minimum Gasteiger partial charge on any atom is -0.486 e. The molecule has 0 saturated heterocycles. The predicted octanol–water partition coefficient (Wildman–Crippen LogP) is 5.09. The van der Waals surface area contributed by atoms with Gasteiger partial charge in [0.25, 0.3) is 0 Å². The molecule has 0 bridgehead atoms. The second-order valence-corrected chi connectivity index (χ2v) is 4.52. The summed E-state index contributed by atoms with van der Waals surface area (Å²) in [5, 5.41) is 0. The summed E-state index contributed by atoms with van der Waals surface area (Å²) in [5.74, 6) is 0.932. The molecule has 0 aliphatic rings. The van der Waals surface area contributed by atoms with Crippen LogP contribution in [0.1, 0.15) is 20.3 Å². The highest BCUT2D eigenvalue weighted by atomic mass is 16.5. The highest BCUT2D eigenvalue weighted by Gasteiger charge is 2.07. The van der Waals surface area contributed by atoms with Crippen LogP contribution in [-0.2, 0) is 0 Å². The van der Waals surface area contributed by atoms with E-state index < -0.39 is 0 Å². The summed E-state index contributed by atoms with van der Waals surface area (Å²) in [5.41, 5.74) is 2.32. The van der Waals surface area contributed by atoms with E-state index in [4.69, 9.17) is 4.74 Å². The summed E-state index contributed by atoms with van der Waals surface area (Å²) >= 11 is 0. The first-order valence-corrected chi connectivity index (χ1v) is 6.79. The van der Waals surface area contributed by atoms with Crippen LogP contribution in [0.4, 0.5) is 0 Å². The highest BCUT2D eigenvalue weighted by molar-refractivity contribution is 5.70. The van der Waals surface area contributed by atoms with E-state index in [2.05, 4.69) is 44.2 Å². The first kappa shape index (κ1) is 13.4. The molecule has 2 aromatic rings. The molecule has 2 rings (SSSR count). The molecule has 0 N–H and O–H groups in total. The number of rotatable bonds is 5. The van der Waals surface area contributed by atoms with E-state index >= 15 is 0 Å². The van der Waals surface area contributed by atoms with E-state index in [1.165, 1.54) is 5.56 Å². The quantitative estimate of drug-likeness (QED) is 0.674. The third-order valence-electron chi connectivity index (χ3n) is 2.93. The second-order valence-electron chi connectivity index (χ2n) is 4.52. The van der Waals surface area contributed by atoms with Crippen LogP contribution in [-0.4, -0.2) is 6.10 Å². The third kappa shape index (κ3) is 3.72. The molecule has 98 valence electrons. The Morgan fingerprint density at radius 1 is 1.00 bits per heavy atom. The number of hydrogen-bond acceptors (Lipinski definition) is 1. The average Bonchev–Trinajstić information content (AvgIpc) is 2.46. The summed E-state index contributed by atoms with van der Waals surface area (Å²) in [7, 11) is 0. The Balaban J connectivity index is 2.24. The Bertz CT molecular complexity index is 528. The molecule has 1 unspecified atom stereocenters. The first-order valence-electron chi connectivity index (χ1n) is 6.79. The molecule has 1 heteroatoms. The largest absolute Gasteiger partial charge is 0.486 e. The van der Waals surface area contributed by atoms with Gasteiger partial charge in [-0.15, -0.1) is 0 Å². The number of ether oxygens (including phenoxy) is 1. The maximum Gasteiger partial charge on any atom is 0.128 e. The molecule has 0 aliphatic heterocycles. The van der Waals surface area contributed by atoms with Gasteiger partial charge < -0.3 is 4.74 Å². The van der Waals surface area contributed by atoms with E-state index in [1.54, 1.807) is 0 Å². The Morgan fingerprint density at radius 2 is 1.68 bits per heavy atom. The van der Waals surface area contributed by atoms with Crippen molar-refractivity contribution in [2.45, 2.75) is 26.4 Å². The second kappa shape index (κ2) is 6.79. The Morgan fingerprint density at radius 3 is 2.42 bits per heavy atom. The van der Waals surface area contributed by atoms with Gasteiger partial charge in [-0.1, -0.05) is 61.5 Å². The Labute approximate surface area is 115 Å². The van der Waals surface area contributed by atoms with Crippen LogP contribution in [0.3, 0.4) is 0 Å². The molecule has 0 aliphatic carbocycles. The molecule has 0 aromatic heterocycles. The van der Waals surface area contributed by atoms with Gasteiger partial charge in [-0.3, -0.25) is 0 Å². The SMILES string of the molecule is CC/C=C/C(C)Oc1ccccc1-c1ccccc1. The molecule has 0 radical (unpaired) electrons. The molecule has 0 heterocycles. The van der Waals surface area contributed by atoms with Crippen molar-refractivity contribution in [3.8, 4) is 16.9 Å². The number of allylic oxidation sites excluding steroid dienone is 1. The number of para-hydroxylation sites is 1. The summed E-state index contributed by atoms with van der Waals surface area (Å²) in [6.07, 6.45) is 5.36. The smallest absolute Gasteiger partial charge is 0.128 e. The van der Waals surface area contributed by atoms with Crippen LogP contribution in [0.15, 0.2) is 66.7 Å². The van der Waals surface area contributed by atoms with Crippen molar-refractivity contribution in [1.29, 1.82) is 0 Å². The van der Waals surface area contributed by atoms with Crippen LogP contribution < -0.4 is 4.74 Å². The predicted molar refractivity (Wildman–Crippen MR) is 81.4 cm³/mol. The molecule has 19 heavy (non-hydrogen) atoms. The Hall–Kier alpha value is -2.02. The summed E-state index contributed by atoms with van der Waals surface area (Å²) in [6, 6.07) is 18.5. The van der Waals surface area contributed by atoms with Crippen molar-refractivity contribution in [2.24, 2.45) is 0 Å². The summed E-state index contributed by atoms with van der Waals surface area (Å²) < 4.78 is 6.02. The standard InChI is InChI=1S/C18H20O/c1-3-4-10-15(2)19-18-14-9-8-13-17(18)16-11-6-5-7-12-16/h4-15H,3H2,1-2H3/b10-4+. The van der Waals surface area contributed by atoms with Crippen LogP contribution in [0, 0.1) is 0 Å². The van der Waals surface area contributed by atoms with Gasteiger partial charge in [0.2, 0.25) is 0 Å². The van der Waals surface area contributed by atoms with E-state index in [1.807, 2.05) is 36.4 Å². The zero-order valence-electron chi connectivity index (χ0n) is 11.5. The zero-order chi connectivity index (χ0) is 13.5. The lowest BCUT2D eigenvalue weighted by Gasteiger charge is -2.15. The van der Waals surface area contributed by atoms with Crippen LogP contribution in [0.2, 0.25) is 0 Å². The van der Waals surface area contributed by atoms with E-state index in [-0.39, 0.29) is 6.10 Å². The maximum absolute atomic E-state index is 6.02. The van der Waals surface area contributed by atoms with Crippen molar-refractivity contribution in [3.05, 3.63) is 66.7 Å². The average molecular weight is 252 g/mol. The zero-order valence-corrected chi connectivity index (χ0v) is 11.5. The van der Waals surface area contributed by atoms with Crippen LogP contribution in [0.25, 0.3) is 11.1 Å². The van der Waals surface area contributed by atoms with E-state index in [9.17, 15) is 0 Å². The van der Waals surface area contributed by atoms with Crippen LogP contribution in [0.5, 0.6) is 5.75 Å². The minimum atomic E-state index is 0.0878. The van der Waals surface area contributed by atoms with E-state index in [0.29, 0.717) is 0 Å². The maximum atomic E-state index is 6.02. The van der Waals surface area contributed by atoms with Gasteiger partial charge in [-0.2, -0.15) is 0 Å². The number of benzene rings is 2. The monoisotopic (exact) mass is 252 g/mol. The van der Waals surface area contributed by atoms with Gasteiger partial charge in [-0.05, 0) is 31.1 Å². The van der Waals surface area contributed by atoms with Crippen molar-refractivity contribution in [3.63, 3.8) is 0 Å². The third-order valence-corrected chi connectivity index (χ3v) is 2.93. The minimum absolute atomic E-state index is 0.0878.